The summed E-state index contributed by atoms with van der Waals surface area (Å²) in [6.45, 7) is 4.72. The minimum absolute atomic E-state index is 0.185. The van der Waals surface area contributed by atoms with E-state index in [1.807, 2.05) is 30.3 Å². The normalized spacial score (nSPS) is 10.2. The van der Waals surface area contributed by atoms with Crippen molar-refractivity contribution in [2.24, 2.45) is 0 Å². The molecule has 0 atom stereocenters. The lowest BCUT2D eigenvalue weighted by atomic mass is 10.2. The first-order chi connectivity index (χ1) is 11.2. The van der Waals surface area contributed by atoms with Gasteiger partial charge in [0.05, 0.1) is 12.9 Å². The molecule has 2 N–H and O–H groups in total. The molecular formula is C16H20N4O3. The zero-order chi connectivity index (χ0) is 16.7. The van der Waals surface area contributed by atoms with Crippen molar-refractivity contribution < 1.29 is 14.3 Å². The van der Waals surface area contributed by atoms with E-state index in [-0.39, 0.29) is 18.1 Å². The molecule has 122 valence electrons. The minimum Gasteiger partial charge on any atom is -0.461 e. The quantitative estimate of drug-likeness (QED) is 0.800. The highest BCUT2D eigenvalue weighted by molar-refractivity contribution is 5.98. The highest BCUT2D eigenvalue weighted by Crippen LogP contribution is 2.17. The molecule has 23 heavy (non-hydrogen) atoms. The lowest BCUT2D eigenvalue weighted by molar-refractivity contribution is 0.0515. The number of hydrogen-bond donors (Lipinski definition) is 2. The molecule has 0 unspecified atom stereocenters. The largest absolute Gasteiger partial charge is 0.461 e. The molecule has 0 aliphatic rings. The number of benzene rings is 1. The van der Waals surface area contributed by atoms with Gasteiger partial charge in [-0.25, -0.2) is 14.6 Å². The van der Waals surface area contributed by atoms with Crippen LogP contribution in [0.15, 0.2) is 36.7 Å². The monoisotopic (exact) mass is 316 g/mol. The summed E-state index contributed by atoms with van der Waals surface area (Å²) in [5.41, 5.74) is 1.24. The summed E-state index contributed by atoms with van der Waals surface area (Å²) >= 11 is 0. The Balaban J connectivity index is 2.28. The van der Waals surface area contributed by atoms with Crippen molar-refractivity contribution in [1.82, 2.24) is 14.9 Å². The van der Waals surface area contributed by atoms with Crippen LogP contribution in [0, 0.1) is 0 Å². The molecule has 0 saturated heterocycles. The lowest BCUT2D eigenvalue weighted by Gasteiger charge is -2.10. The van der Waals surface area contributed by atoms with Gasteiger partial charge in [-0.3, -0.25) is 5.32 Å². The number of anilines is 1. The fourth-order valence-corrected chi connectivity index (χ4v) is 2.10. The van der Waals surface area contributed by atoms with Gasteiger partial charge in [0.1, 0.15) is 0 Å². The number of urea groups is 1. The van der Waals surface area contributed by atoms with Crippen LogP contribution in [-0.2, 0) is 11.3 Å². The zero-order valence-corrected chi connectivity index (χ0v) is 13.2. The van der Waals surface area contributed by atoms with Gasteiger partial charge in [0.15, 0.2) is 11.5 Å². The molecule has 0 bridgehead atoms. The Labute approximate surface area is 134 Å². The second-order valence-corrected chi connectivity index (χ2v) is 4.76. The Morgan fingerprint density at radius 2 is 1.96 bits per heavy atom. The van der Waals surface area contributed by atoms with E-state index in [0.717, 1.165) is 5.56 Å². The van der Waals surface area contributed by atoms with Gasteiger partial charge in [-0.05, 0) is 19.4 Å². The first kappa shape index (κ1) is 16.5. The molecule has 0 aliphatic heterocycles. The van der Waals surface area contributed by atoms with Gasteiger partial charge in [-0.2, -0.15) is 0 Å². The SMILES string of the molecule is CCNC(=O)Nc1ncn(Cc2ccccc2)c1C(=O)OCC. The number of aromatic nitrogens is 2. The Morgan fingerprint density at radius 1 is 1.22 bits per heavy atom. The predicted molar refractivity (Wildman–Crippen MR) is 86.4 cm³/mol. The molecule has 1 heterocycles. The number of rotatable bonds is 6. The second kappa shape index (κ2) is 7.98. The van der Waals surface area contributed by atoms with E-state index in [1.165, 1.54) is 6.33 Å². The maximum atomic E-state index is 12.2. The molecule has 0 spiro atoms. The zero-order valence-electron chi connectivity index (χ0n) is 13.2. The van der Waals surface area contributed by atoms with Crippen LogP contribution < -0.4 is 10.6 Å². The van der Waals surface area contributed by atoms with E-state index in [4.69, 9.17) is 4.74 Å². The summed E-state index contributed by atoms with van der Waals surface area (Å²) in [7, 11) is 0. The van der Waals surface area contributed by atoms with E-state index in [9.17, 15) is 9.59 Å². The average Bonchev–Trinajstić information content (AvgIpc) is 2.91. The van der Waals surface area contributed by atoms with Crippen molar-refractivity contribution in [2.45, 2.75) is 20.4 Å². The molecule has 0 saturated carbocycles. The number of hydrogen-bond acceptors (Lipinski definition) is 4. The first-order valence-corrected chi connectivity index (χ1v) is 7.46. The van der Waals surface area contributed by atoms with Crippen LogP contribution in [0.1, 0.15) is 29.9 Å². The molecule has 7 nitrogen and oxygen atoms in total. The second-order valence-electron chi connectivity index (χ2n) is 4.76. The number of nitrogens with zero attached hydrogens (tertiary/aromatic N) is 2. The van der Waals surface area contributed by atoms with Crippen LogP contribution in [0.25, 0.3) is 0 Å². The van der Waals surface area contributed by atoms with E-state index in [0.29, 0.717) is 13.1 Å². The molecule has 0 fully saturated rings. The number of nitrogens with one attached hydrogen (secondary N) is 2. The smallest absolute Gasteiger partial charge is 0.358 e. The number of amides is 2. The summed E-state index contributed by atoms with van der Waals surface area (Å²) < 4.78 is 6.74. The molecule has 0 radical (unpaired) electrons. The van der Waals surface area contributed by atoms with Gasteiger partial charge >= 0.3 is 12.0 Å². The molecule has 0 aliphatic carbocycles. The Morgan fingerprint density at radius 3 is 2.61 bits per heavy atom. The van der Waals surface area contributed by atoms with Crippen molar-refractivity contribution in [1.29, 1.82) is 0 Å². The van der Waals surface area contributed by atoms with Crippen LogP contribution >= 0.6 is 0 Å². The lowest BCUT2D eigenvalue weighted by Crippen LogP contribution is -2.29. The maximum Gasteiger partial charge on any atom is 0.358 e. The highest BCUT2D eigenvalue weighted by Gasteiger charge is 2.21. The molecule has 2 rings (SSSR count). The summed E-state index contributed by atoms with van der Waals surface area (Å²) in [5, 5.41) is 5.17. The van der Waals surface area contributed by atoms with Gasteiger partial charge in [0.25, 0.3) is 0 Å². The van der Waals surface area contributed by atoms with E-state index < -0.39 is 12.0 Å². The van der Waals surface area contributed by atoms with Gasteiger partial charge in [-0.1, -0.05) is 30.3 Å². The summed E-state index contributed by atoms with van der Waals surface area (Å²) in [6.07, 6.45) is 1.51. The number of carbonyl (C=O) groups is 2. The number of esters is 1. The third kappa shape index (κ3) is 4.32. The van der Waals surface area contributed by atoms with Crippen molar-refractivity contribution in [3.63, 3.8) is 0 Å². The molecule has 2 aromatic rings. The van der Waals surface area contributed by atoms with Crippen LogP contribution in [0.5, 0.6) is 0 Å². The Kier molecular flexibility index (Phi) is 5.74. The van der Waals surface area contributed by atoms with Crippen LogP contribution in [0.4, 0.5) is 10.6 Å². The molecule has 1 aromatic heterocycles. The first-order valence-electron chi connectivity index (χ1n) is 7.46. The predicted octanol–water partition coefficient (Wildman–Crippen LogP) is 2.25. The maximum absolute atomic E-state index is 12.2. The Bertz CT molecular complexity index is 667. The summed E-state index contributed by atoms with van der Waals surface area (Å²) in [4.78, 5) is 28.0. The van der Waals surface area contributed by atoms with E-state index in [1.54, 1.807) is 18.4 Å². The average molecular weight is 316 g/mol. The van der Waals surface area contributed by atoms with Gasteiger partial charge in [0, 0.05) is 13.1 Å². The molecule has 2 amide bonds. The van der Waals surface area contributed by atoms with Crippen molar-refractivity contribution in [3.8, 4) is 0 Å². The van der Waals surface area contributed by atoms with E-state index in [2.05, 4.69) is 15.6 Å². The molecule has 7 heteroatoms. The molecular weight excluding hydrogens is 296 g/mol. The van der Waals surface area contributed by atoms with Gasteiger partial charge < -0.3 is 14.6 Å². The fraction of sp³-hybridized carbons (Fsp3) is 0.312. The van der Waals surface area contributed by atoms with Crippen molar-refractivity contribution >= 4 is 17.8 Å². The number of carbonyl (C=O) groups excluding carboxylic acids is 2. The standard InChI is InChI=1S/C16H20N4O3/c1-3-17-16(22)19-14-13(15(21)23-4-2)20(11-18-14)10-12-8-6-5-7-9-12/h5-9,11H,3-4,10H2,1-2H3,(H2,17,19,22). The minimum atomic E-state index is -0.521. The van der Waals surface area contributed by atoms with Crippen LogP contribution in [-0.4, -0.2) is 34.7 Å². The molecule has 1 aromatic carbocycles. The number of ether oxygens (including phenoxy) is 1. The number of imidazole rings is 1. The van der Waals surface area contributed by atoms with Crippen LogP contribution in [0.2, 0.25) is 0 Å². The Hall–Kier alpha value is -2.83. The van der Waals surface area contributed by atoms with Crippen LogP contribution in [0.3, 0.4) is 0 Å². The third-order valence-electron chi connectivity index (χ3n) is 3.07. The topological polar surface area (TPSA) is 85.3 Å². The highest BCUT2D eigenvalue weighted by atomic mass is 16.5. The van der Waals surface area contributed by atoms with Crippen molar-refractivity contribution in [3.05, 3.63) is 47.9 Å². The third-order valence-corrected chi connectivity index (χ3v) is 3.07. The summed E-state index contributed by atoms with van der Waals surface area (Å²) in [6, 6.07) is 9.25. The summed E-state index contributed by atoms with van der Waals surface area (Å²) in [5.74, 6) is -0.335. The van der Waals surface area contributed by atoms with E-state index >= 15 is 0 Å². The van der Waals surface area contributed by atoms with Gasteiger partial charge in [0.2, 0.25) is 0 Å². The van der Waals surface area contributed by atoms with Gasteiger partial charge in [-0.15, -0.1) is 0 Å². The van der Waals surface area contributed by atoms with Crippen molar-refractivity contribution in [2.75, 3.05) is 18.5 Å². The fourth-order valence-electron chi connectivity index (χ4n) is 2.10.